The highest BCUT2D eigenvalue weighted by Crippen LogP contribution is 2.42. The number of alkyl halides is 1. The minimum Gasteiger partial charge on any atom is -0.373 e. The van der Waals surface area contributed by atoms with Gasteiger partial charge in [0.15, 0.2) is 5.60 Å². The van der Waals surface area contributed by atoms with Crippen molar-refractivity contribution in [2.45, 2.75) is 51.8 Å². The van der Waals surface area contributed by atoms with Gasteiger partial charge in [0.25, 0.3) is 0 Å². The van der Waals surface area contributed by atoms with E-state index in [2.05, 4.69) is 20.8 Å². The molecule has 0 bridgehead atoms. The van der Waals surface area contributed by atoms with Crippen LogP contribution in [-0.4, -0.2) is 16.9 Å². The maximum Gasteiger partial charge on any atom is 0.182 e. The number of hydrogen-bond donors (Lipinski definition) is 1. The van der Waals surface area contributed by atoms with Crippen molar-refractivity contribution >= 4 is 0 Å². The van der Waals surface area contributed by atoms with Crippen LogP contribution >= 0.6 is 0 Å². The second-order valence-electron chi connectivity index (χ2n) is 5.34. The highest BCUT2D eigenvalue weighted by molar-refractivity contribution is 5.09. The third-order valence-corrected chi connectivity index (χ3v) is 3.30. The summed E-state index contributed by atoms with van der Waals surface area (Å²) in [7, 11) is 0. The number of aliphatic hydroxyl groups is 1. The van der Waals surface area contributed by atoms with Crippen molar-refractivity contribution in [3.63, 3.8) is 0 Å². The summed E-state index contributed by atoms with van der Waals surface area (Å²) >= 11 is 0. The topological polar surface area (TPSA) is 44.0 Å². The zero-order chi connectivity index (χ0) is 11.0. The summed E-state index contributed by atoms with van der Waals surface area (Å²) in [6, 6.07) is 1.68. The minimum atomic E-state index is -1.73. The molecule has 3 atom stereocenters. The van der Waals surface area contributed by atoms with E-state index in [-0.39, 0.29) is 17.8 Å². The van der Waals surface area contributed by atoms with Crippen molar-refractivity contribution in [1.29, 1.82) is 5.26 Å². The first-order valence-electron chi connectivity index (χ1n) is 5.07. The van der Waals surface area contributed by atoms with Gasteiger partial charge in [0.1, 0.15) is 12.2 Å². The Hall–Kier alpha value is -0.620. The van der Waals surface area contributed by atoms with Crippen LogP contribution in [0.3, 0.4) is 0 Å². The van der Waals surface area contributed by atoms with Gasteiger partial charge >= 0.3 is 0 Å². The molecular formula is C11H18FNO. The van der Waals surface area contributed by atoms with Crippen molar-refractivity contribution < 1.29 is 9.50 Å². The van der Waals surface area contributed by atoms with E-state index in [9.17, 15) is 9.50 Å². The van der Waals surface area contributed by atoms with Gasteiger partial charge in [0.05, 0.1) is 0 Å². The van der Waals surface area contributed by atoms with Gasteiger partial charge in [-0.25, -0.2) is 4.39 Å². The molecule has 1 rings (SSSR count). The quantitative estimate of drug-likeness (QED) is 0.609. The molecule has 1 aliphatic carbocycles. The Morgan fingerprint density at radius 3 is 2.43 bits per heavy atom. The zero-order valence-electron chi connectivity index (χ0n) is 9.05. The molecule has 0 amide bonds. The maximum atomic E-state index is 13.5. The Morgan fingerprint density at radius 2 is 2.07 bits per heavy atom. The van der Waals surface area contributed by atoms with Crippen LogP contribution in [0.2, 0.25) is 0 Å². The smallest absolute Gasteiger partial charge is 0.182 e. The van der Waals surface area contributed by atoms with Crippen molar-refractivity contribution in [1.82, 2.24) is 0 Å². The summed E-state index contributed by atoms with van der Waals surface area (Å²) in [5.41, 5.74) is -1.68. The van der Waals surface area contributed by atoms with Crippen molar-refractivity contribution in [3.8, 4) is 6.07 Å². The van der Waals surface area contributed by atoms with Crippen molar-refractivity contribution in [2.75, 3.05) is 0 Å². The molecule has 2 nitrogen and oxygen atoms in total. The van der Waals surface area contributed by atoms with E-state index in [1.807, 2.05) is 0 Å². The molecule has 0 aromatic carbocycles. The molecule has 1 saturated carbocycles. The first-order chi connectivity index (χ1) is 6.29. The van der Waals surface area contributed by atoms with E-state index in [4.69, 9.17) is 5.26 Å². The molecule has 1 aliphatic rings. The predicted octanol–water partition coefficient (Wildman–Crippen LogP) is 2.43. The molecule has 0 unspecified atom stereocenters. The number of nitrogens with zero attached hydrogens (tertiary/aromatic N) is 1. The van der Waals surface area contributed by atoms with Crippen LogP contribution in [0.4, 0.5) is 4.39 Å². The van der Waals surface area contributed by atoms with Crippen LogP contribution in [0.15, 0.2) is 0 Å². The molecule has 14 heavy (non-hydrogen) atoms. The Morgan fingerprint density at radius 1 is 1.50 bits per heavy atom. The maximum absolute atomic E-state index is 13.5. The Labute approximate surface area is 84.7 Å². The van der Waals surface area contributed by atoms with E-state index in [1.165, 1.54) is 0 Å². The van der Waals surface area contributed by atoms with E-state index >= 15 is 0 Å². The monoisotopic (exact) mass is 199 g/mol. The van der Waals surface area contributed by atoms with Crippen LogP contribution < -0.4 is 0 Å². The number of nitriles is 1. The summed E-state index contributed by atoms with van der Waals surface area (Å²) in [6.07, 6.45) is -0.112. The first kappa shape index (κ1) is 11.5. The Balaban J connectivity index is 2.70. The van der Waals surface area contributed by atoms with E-state index in [0.29, 0.717) is 6.42 Å². The second-order valence-corrected chi connectivity index (χ2v) is 5.34. The molecule has 0 saturated heterocycles. The van der Waals surface area contributed by atoms with Crippen LogP contribution in [0.5, 0.6) is 0 Å². The van der Waals surface area contributed by atoms with Gasteiger partial charge in [-0.2, -0.15) is 5.26 Å². The average molecular weight is 199 g/mol. The molecule has 80 valence electrons. The predicted molar refractivity (Wildman–Crippen MR) is 52.3 cm³/mol. The lowest BCUT2D eigenvalue weighted by molar-refractivity contribution is -0.0487. The highest BCUT2D eigenvalue weighted by atomic mass is 19.1. The first-order valence-corrected chi connectivity index (χ1v) is 5.07. The van der Waals surface area contributed by atoms with Gasteiger partial charge < -0.3 is 5.11 Å². The average Bonchev–Trinajstić information content (AvgIpc) is 2.08. The van der Waals surface area contributed by atoms with Crippen LogP contribution in [-0.2, 0) is 0 Å². The molecule has 0 aromatic rings. The SMILES string of the molecule is CC(C)(C)[C@@H]1CC[C@](O)(C#N)[C@H](F)C1. The fourth-order valence-electron chi connectivity index (χ4n) is 2.03. The number of hydrogen-bond acceptors (Lipinski definition) is 2. The van der Waals surface area contributed by atoms with Gasteiger partial charge in [0.2, 0.25) is 0 Å². The molecule has 3 heteroatoms. The van der Waals surface area contributed by atoms with Gasteiger partial charge in [0, 0.05) is 0 Å². The highest BCUT2D eigenvalue weighted by Gasteiger charge is 2.45. The largest absolute Gasteiger partial charge is 0.373 e. The summed E-state index contributed by atoms with van der Waals surface area (Å²) < 4.78 is 13.5. The van der Waals surface area contributed by atoms with Gasteiger partial charge in [-0.3, -0.25) is 0 Å². The molecule has 1 fully saturated rings. The lowest BCUT2D eigenvalue weighted by Crippen LogP contribution is -2.45. The second kappa shape index (κ2) is 3.51. The molecular weight excluding hydrogens is 181 g/mol. The summed E-state index contributed by atoms with van der Waals surface area (Å²) in [5.74, 6) is 0.256. The third kappa shape index (κ3) is 2.06. The molecule has 0 aromatic heterocycles. The normalized spacial score (nSPS) is 39.1. The standard InChI is InChI=1S/C11H18FNO/c1-10(2,3)8-4-5-11(14,7-13)9(12)6-8/h8-9,14H,4-6H2,1-3H3/t8-,9-,11+/m1/s1. The summed E-state index contributed by atoms with van der Waals surface area (Å²) in [4.78, 5) is 0. The minimum absolute atomic E-state index is 0.0567. The number of rotatable bonds is 0. The van der Waals surface area contributed by atoms with Crippen molar-refractivity contribution in [2.24, 2.45) is 11.3 Å². The molecule has 0 spiro atoms. The lowest BCUT2D eigenvalue weighted by atomic mass is 9.68. The van der Waals surface area contributed by atoms with Crippen LogP contribution in [0.25, 0.3) is 0 Å². The Kier molecular flexibility index (Phi) is 2.87. The summed E-state index contributed by atoms with van der Waals surface area (Å²) in [6.45, 7) is 6.21. The van der Waals surface area contributed by atoms with Gasteiger partial charge in [-0.15, -0.1) is 0 Å². The van der Waals surface area contributed by atoms with E-state index in [1.54, 1.807) is 6.07 Å². The van der Waals surface area contributed by atoms with Crippen molar-refractivity contribution in [3.05, 3.63) is 0 Å². The molecule has 1 N–H and O–H groups in total. The molecule has 0 heterocycles. The van der Waals surface area contributed by atoms with Gasteiger partial charge in [-0.1, -0.05) is 20.8 Å². The van der Waals surface area contributed by atoms with E-state index < -0.39 is 11.8 Å². The Bertz CT molecular complexity index is 253. The third-order valence-electron chi connectivity index (χ3n) is 3.30. The fraction of sp³-hybridized carbons (Fsp3) is 0.909. The fourth-order valence-corrected chi connectivity index (χ4v) is 2.03. The molecule has 0 aliphatic heterocycles. The van der Waals surface area contributed by atoms with Crippen LogP contribution in [0.1, 0.15) is 40.0 Å². The molecule has 0 radical (unpaired) electrons. The van der Waals surface area contributed by atoms with Crippen LogP contribution in [0, 0.1) is 22.7 Å². The van der Waals surface area contributed by atoms with Gasteiger partial charge in [-0.05, 0) is 30.6 Å². The summed E-state index contributed by atoms with van der Waals surface area (Å²) in [5, 5.41) is 18.3. The zero-order valence-corrected chi connectivity index (χ0v) is 9.05. The lowest BCUT2D eigenvalue weighted by Gasteiger charge is -2.40. The number of halogens is 1. The van der Waals surface area contributed by atoms with E-state index in [0.717, 1.165) is 6.42 Å².